The Morgan fingerprint density at radius 1 is 1.41 bits per heavy atom. The normalized spacial score (nSPS) is 17.9. The van der Waals surface area contributed by atoms with Gasteiger partial charge in [0.25, 0.3) is 0 Å². The first-order chi connectivity index (χ1) is 10.4. The minimum atomic E-state index is -0.0114. The Hall–Kier alpha value is -1.52. The van der Waals surface area contributed by atoms with Gasteiger partial charge in [0.2, 0.25) is 5.89 Å². The average Bonchev–Trinajstić information content (AvgIpc) is 2.93. The second-order valence-electron chi connectivity index (χ2n) is 7.21. The molecule has 0 aliphatic carbocycles. The lowest BCUT2D eigenvalue weighted by molar-refractivity contribution is 0.273. The molecule has 5 nitrogen and oxygen atoms in total. The summed E-state index contributed by atoms with van der Waals surface area (Å²) in [6.45, 7) is 14.3. The van der Waals surface area contributed by atoms with Crippen molar-refractivity contribution >= 4 is 5.96 Å². The fraction of sp³-hybridized carbons (Fsp3) is 0.765. The van der Waals surface area contributed by atoms with E-state index in [-0.39, 0.29) is 5.41 Å². The Kier molecular flexibility index (Phi) is 5.48. The monoisotopic (exact) mass is 306 g/mol. The van der Waals surface area contributed by atoms with Gasteiger partial charge in [0, 0.05) is 25.0 Å². The van der Waals surface area contributed by atoms with E-state index in [2.05, 4.69) is 49.8 Å². The van der Waals surface area contributed by atoms with Crippen LogP contribution in [0.25, 0.3) is 0 Å². The van der Waals surface area contributed by atoms with Crippen molar-refractivity contribution in [1.82, 2.24) is 15.2 Å². The number of guanidine groups is 1. The molecule has 0 radical (unpaired) electrons. The van der Waals surface area contributed by atoms with Crippen LogP contribution < -0.4 is 5.32 Å². The van der Waals surface area contributed by atoms with Gasteiger partial charge in [-0.15, -0.1) is 0 Å². The van der Waals surface area contributed by atoms with Crippen molar-refractivity contribution in [2.45, 2.75) is 59.4 Å². The number of oxazole rings is 1. The molecule has 1 aliphatic heterocycles. The highest BCUT2D eigenvalue weighted by molar-refractivity contribution is 5.80. The molecular formula is C17H30N4O. The molecule has 1 fully saturated rings. The first-order valence-corrected chi connectivity index (χ1v) is 8.38. The molecule has 2 heterocycles. The second kappa shape index (κ2) is 7.16. The molecule has 1 saturated heterocycles. The summed E-state index contributed by atoms with van der Waals surface area (Å²) in [7, 11) is 0. The summed E-state index contributed by atoms with van der Waals surface area (Å²) < 4.78 is 5.82. The summed E-state index contributed by atoms with van der Waals surface area (Å²) in [4.78, 5) is 11.4. The van der Waals surface area contributed by atoms with Crippen molar-refractivity contribution in [3.8, 4) is 0 Å². The summed E-state index contributed by atoms with van der Waals surface area (Å²) in [5.74, 6) is 3.39. The highest BCUT2D eigenvalue weighted by atomic mass is 16.4. The molecule has 0 bridgehead atoms. The van der Waals surface area contributed by atoms with Gasteiger partial charge >= 0.3 is 0 Å². The number of piperidine rings is 1. The minimum Gasteiger partial charge on any atom is -0.443 e. The van der Waals surface area contributed by atoms with Gasteiger partial charge in [-0.05, 0) is 25.7 Å². The van der Waals surface area contributed by atoms with E-state index in [0.717, 1.165) is 37.3 Å². The molecule has 0 unspecified atom stereocenters. The lowest BCUT2D eigenvalue weighted by Crippen LogP contribution is -2.45. The average molecular weight is 306 g/mol. The third kappa shape index (κ3) is 4.49. The summed E-state index contributed by atoms with van der Waals surface area (Å²) in [6, 6.07) is 0. The van der Waals surface area contributed by atoms with Crippen LogP contribution in [0.3, 0.4) is 0 Å². The maximum absolute atomic E-state index is 5.82. The smallest absolute Gasteiger partial charge is 0.216 e. The van der Waals surface area contributed by atoms with Crippen LogP contribution in [-0.2, 0) is 12.0 Å². The molecule has 124 valence electrons. The SMILES string of the molecule is CCNC(=NCc1ncc(C(C)(C)C)o1)N1CCC(C)CC1. The van der Waals surface area contributed by atoms with E-state index in [1.54, 1.807) is 0 Å². The topological polar surface area (TPSA) is 53.7 Å². The number of likely N-dealkylation sites (tertiary alicyclic amines) is 1. The van der Waals surface area contributed by atoms with Crippen LogP contribution in [0.4, 0.5) is 0 Å². The van der Waals surface area contributed by atoms with Crippen LogP contribution in [0.1, 0.15) is 59.1 Å². The highest BCUT2D eigenvalue weighted by Gasteiger charge is 2.20. The fourth-order valence-electron chi connectivity index (χ4n) is 2.52. The summed E-state index contributed by atoms with van der Waals surface area (Å²) in [5.41, 5.74) is -0.0114. The highest BCUT2D eigenvalue weighted by Crippen LogP contribution is 2.23. The van der Waals surface area contributed by atoms with Gasteiger partial charge in [0.05, 0.1) is 6.20 Å². The number of aliphatic imine (C=N–C) groups is 1. The largest absolute Gasteiger partial charge is 0.443 e. The van der Waals surface area contributed by atoms with E-state index in [1.807, 2.05) is 6.20 Å². The van der Waals surface area contributed by atoms with Gasteiger partial charge in [-0.25, -0.2) is 9.98 Å². The minimum absolute atomic E-state index is 0.0114. The standard InChI is InChI=1S/C17H30N4O/c1-6-18-16(21-9-7-13(2)8-10-21)20-12-15-19-11-14(22-15)17(3,4)5/h11,13H,6-10,12H2,1-5H3,(H,18,20). The van der Waals surface area contributed by atoms with Crippen molar-refractivity contribution in [2.24, 2.45) is 10.9 Å². The molecule has 5 heteroatoms. The number of nitrogens with zero attached hydrogens (tertiary/aromatic N) is 3. The lowest BCUT2D eigenvalue weighted by Gasteiger charge is -2.32. The number of aromatic nitrogens is 1. The zero-order valence-corrected chi connectivity index (χ0v) is 14.6. The van der Waals surface area contributed by atoms with Crippen LogP contribution >= 0.6 is 0 Å². The first-order valence-electron chi connectivity index (χ1n) is 8.38. The van der Waals surface area contributed by atoms with Crippen molar-refractivity contribution in [1.29, 1.82) is 0 Å². The van der Waals surface area contributed by atoms with Crippen molar-refractivity contribution in [2.75, 3.05) is 19.6 Å². The molecule has 0 aromatic carbocycles. The molecule has 1 aromatic heterocycles. The maximum Gasteiger partial charge on any atom is 0.216 e. The number of hydrogen-bond donors (Lipinski definition) is 1. The molecule has 1 aromatic rings. The van der Waals surface area contributed by atoms with E-state index in [9.17, 15) is 0 Å². The summed E-state index contributed by atoms with van der Waals surface area (Å²) >= 11 is 0. The van der Waals surface area contributed by atoms with Crippen molar-refractivity contribution in [3.05, 3.63) is 17.8 Å². The first kappa shape index (κ1) is 16.8. The fourth-order valence-corrected chi connectivity index (χ4v) is 2.52. The Labute approximate surface area is 134 Å². The number of nitrogens with one attached hydrogen (secondary N) is 1. The molecule has 1 N–H and O–H groups in total. The molecule has 0 atom stereocenters. The quantitative estimate of drug-likeness (QED) is 0.688. The Balaban J connectivity index is 2.02. The van der Waals surface area contributed by atoms with Gasteiger partial charge in [-0.2, -0.15) is 0 Å². The molecule has 22 heavy (non-hydrogen) atoms. The molecule has 0 saturated carbocycles. The number of rotatable bonds is 3. The van der Waals surface area contributed by atoms with E-state index in [4.69, 9.17) is 9.41 Å². The summed E-state index contributed by atoms with van der Waals surface area (Å²) in [6.07, 6.45) is 4.29. The third-order valence-corrected chi connectivity index (χ3v) is 4.07. The van der Waals surface area contributed by atoms with Gasteiger partial charge in [-0.3, -0.25) is 0 Å². The van der Waals surface area contributed by atoms with Crippen LogP contribution in [0.15, 0.2) is 15.6 Å². The van der Waals surface area contributed by atoms with Crippen LogP contribution in [-0.4, -0.2) is 35.5 Å². The van der Waals surface area contributed by atoms with Crippen LogP contribution in [0.2, 0.25) is 0 Å². The second-order valence-corrected chi connectivity index (χ2v) is 7.21. The van der Waals surface area contributed by atoms with Gasteiger partial charge in [0.15, 0.2) is 5.96 Å². The maximum atomic E-state index is 5.82. The van der Waals surface area contributed by atoms with Crippen molar-refractivity contribution < 1.29 is 4.42 Å². The Morgan fingerprint density at radius 2 is 2.09 bits per heavy atom. The number of hydrogen-bond acceptors (Lipinski definition) is 3. The zero-order valence-electron chi connectivity index (χ0n) is 14.6. The van der Waals surface area contributed by atoms with E-state index >= 15 is 0 Å². The Morgan fingerprint density at radius 3 is 2.64 bits per heavy atom. The van der Waals surface area contributed by atoms with E-state index in [0.29, 0.717) is 12.4 Å². The predicted octanol–water partition coefficient (Wildman–Crippen LogP) is 3.17. The molecular weight excluding hydrogens is 276 g/mol. The van der Waals surface area contributed by atoms with Gasteiger partial charge < -0.3 is 14.6 Å². The molecule has 1 aliphatic rings. The molecule has 0 spiro atoms. The van der Waals surface area contributed by atoms with Gasteiger partial charge in [-0.1, -0.05) is 27.7 Å². The molecule has 0 amide bonds. The van der Waals surface area contributed by atoms with Crippen LogP contribution in [0, 0.1) is 5.92 Å². The molecule has 2 rings (SSSR count). The lowest BCUT2D eigenvalue weighted by atomic mass is 9.94. The Bertz CT molecular complexity index is 493. The summed E-state index contributed by atoms with van der Waals surface area (Å²) in [5, 5.41) is 3.38. The van der Waals surface area contributed by atoms with Crippen LogP contribution in [0.5, 0.6) is 0 Å². The van der Waals surface area contributed by atoms with Crippen molar-refractivity contribution in [3.63, 3.8) is 0 Å². The van der Waals surface area contributed by atoms with Gasteiger partial charge in [0.1, 0.15) is 12.3 Å². The third-order valence-electron chi connectivity index (χ3n) is 4.07. The zero-order chi connectivity index (χ0) is 16.2. The predicted molar refractivity (Wildman–Crippen MR) is 90.0 cm³/mol. The van der Waals surface area contributed by atoms with E-state index < -0.39 is 0 Å². The van der Waals surface area contributed by atoms with E-state index in [1.165, 1.54) is 12.8 Å².